The molecular formula is C12H20N2O2S. The highest BCUT2D eigenvalue weighted by Crippen LogP contribution is 2.15. The van der Waals surface area contributed by atoms with Gasteiger partial charge in [0.1, 0.15) is 0 Å². The summed E-state index contributed by atoms with van der Waals surface area (Å²) in [4.78, 5) is 0.287. The molecule has 0 aliphatic rings. The van der Waals surface area contributed by atoms with E-state index in [9.17, 15) is 8.42 Å². The van der Waals surface area contributed by atoms with E-state index in [4.69, 9.17) is 0 Å². The molecule has 17 heavy (non-hydrogen) atoms. The van der Waals surface area contributed by atoms with Crippen molar-refractivity contribution in [1.82, 2.24) is 4.72 Å². The van der Waals surface area contributed by atoms with Crippen LogP contribution >= 0.6 is 0 Å². The largest absolute Gasteiger partial charge is 0.385 e. The minimum absolute atomic E-state index is 0.287. The van der Waals surface area contributed by atoms with E-state index in [0.29, 0.717) is 5.92 Å². The topological polar surface area (TPSA) is 58.2 Å². The van der Waals surface area contributed by atoms with Gasteiger partial charge in [0, 0.05) is 12.2 Å². The summed E-state index contributed by atoms with van der Waals surface area (Å²) in [6.45, 7) is 5.16. The number of sulfonamides is 1. The summed E-state index contributed by atoms with van der Waals surface area (Å²) >= 11 is 0. The third kappa shape index (κ3) is 4.36. The first-order chi connectivity index (χ1) is 7.95. The zero-order valence-corrected chi connectivity index (χ0v) is 11.3. The molecule has 0 aliphatic carbocycles. The molecule has 0 amide bonds. The second-order valence-electron chi connectivity index (χ2n) is 4.34. The molecule has 96 valence electrons. The van der Waals surface area contributed by atoms with Crippen LogP contribution in [0.25, 0.3) is 0 Å². The summed E-state index contributed by atoms with van der Waals surface area (Å²) < 4.78 is 25.5. The number of benzene rings is 1. The van der Waals surface area contributed by atoms with Crippen molar-refractivity contribution >= 4 is 15.7 Å². The van der Waals surface area contributed by atoms with Crippen LogP contribution < -0.4 is 10.0 Å². The molecule has 0 spiro atoms. The van der Waals surface area contributed by atoms with Crippen LogP contribution in [0.4, 0.5) is 5.69 Å². The van der Waals surface area contributed by atoms with Gasteiger partial charge in [0.2, 0.25) is 10.0 Å². The first-order valence-electron chi connectivity index (χ1n) is 5.73. The molecule has 0 radical (unpaired) electrons. The molecule has 4 nitrogen and oxygen atoms in total. The van der Waals surface area contributed by atoms with Gasteiger partial charge in [-0.05, 0) is 37.6 Å². The maximum absolute atomic E-state index is 11.6. The van der Waals surface area contributed by atoms with E-state index in [-0.39, 0.29) is 4.90 Å². The fourth-order valence-corrected chi connectivity index (χ4v) is 2.17. The summed E-state index contributed by atoms with van der Waals surface area (Å²) in [7, 11) is -1.94. The first kappa shape index (κ1) is 14.0. The predicted octanol–water partition coefficient (Wildman–Crippen LogP) is 2.05. The maximum Gasteiger partial charge on any atom is 0.240 e. The zero-order valence-electron chi connectivity index (χ0n) is 10.5. The molecule has 2 N–H and O–H groups in total. The SMILES string of the molecule is CNS(=O)(=O)c1cccc(NCCC(C)C)c1. The standard InChI is InChI=1S/C12H20N2O2S/c1-10(2)7-8-14-11-5-4-6-12(9-11)17(15,16)13-3/h4-6,9-10,13-14H,7-8H2,1-3H3. The van der Waals surface area contributed by atoms with Crippen LogP contribution in [0.5, 0.6) is 0 Å². The van der Waals surface area contributed by atoms with E-state index in [1.165, 1.54) is 7.05 Å². The summed E-state index contributed by atoms with van der Waals surface area (Å²) in [5.41, 5.74) is 0.835. The van der Waals surface area contributed by atoms with E-state index in [2.05, 4.69) is 23.9 Å². The summed E-state index contributed by atoms with van der Waals surface area (Å²) in [5.74, 6) is 0.631. The first-order valence-corrected chi connectivity index (χ1v) is 7.21. The monoisotopic (exact) mass is 256 g/mol. The van der Waals surface area contributed by atoms with Gasteiger partial charge in [-0.25, -0.2) is 13.1 Å². The number of nitrogens with one attached hydrogen (secondary N) is 2. The van der Waals surface area contributed by atoms with Gasteiger partial charge in [0.15, 0.2) is 0 Å². The van der Waals surface area contributed by atoms with Gasteiger partial charge in [-0.3, -0.25) is 0 Å². The van der Waals surface area contributed by atoms with E-state index < -0.39 is 10.0 Å². The lowest BCUT2D eigenvalue weighted by Gasteiger charge is -2.09. The van der Waals surface area contributed by atoms with Crippen LogP contribution in [-0.4, -0.2) is 22.0 Å². The van der Waals surface area contributed by atoms with Crippen LogP contribution in [0, 0.1) is 5.92 Å². The van der Waals surface area contributed by atoms with E-state index in [1.54, 1.807) is 18.2 Å². The molecule has 0 aliphatic heterocycles. The Morgan fingerprint density at radius 1 is 1.29 bits per heavy atom. The van der Waals surface area contributed by atoms with Gasteiger partial charge in [-0.2, -0.15) is 0 Å². The number of anilines is 1. The lowest BCUT2D eigenvalue weighted by Crippen LogP contribution is -2.18. The summed E-state index contributed by atoms with van der Waals surface area (Å²) in [5, 5.41) is 3.22. The Morgan fingerprint density at radius 3 is 2.59 bits per heavy atom. The third-order valence-corrected chi connectivity index (χ3v) is 3.88. The highest BCUT2D eigenvalue weighted by molar-refractivity contribution is 7.89. The van der Waals surface area contributed by atoms with Gasteiger partial charge in [0.25, 0.3) is 0 Å². The van der Waals surface area contributed by atoms with Crippen LogP contribution in [0.15, 0.2) is 29.2 Å². The minimum atomic E-state index is -3.35. The highest BCUT2D eigenvalue weighted by atomic mass is 32.2. The van der Waals surface area contributed by atoms with Gasteiger partial charge in [-0.1, -0.05) is 19.9 Å². The van der Waals surface area contributed by atoms with Crippen molar-refractivity contribution in [2.75, 3.05) is 18.9 Å². The van der Waals surface area contributed by atoms with Gasteiger partial charge in [0.05, 0.1) is 4.90 Å². The molecule has 0 atom stereocenters. The van der Waals surface area contributed by atoms with Crippen LogP contribution in [0.3, 0.4) is 0 Å². The molecule has 0 aromatic heterocycles. The lowest BCUT2D eigenvalue weighted by atomic mass is 10.1. The molecule has 1 aromatic rings. The second kappa shape index (κ2) is 6.02. The predicted molar refractivity (Wildman–Crippen MR) is 70.6 cm³/mol. The highest BCUT2D eigenvalue weighted by Gasteiger charge is 2.10. The Balaban J connectivity index is 2.73. The van der Waals surface area contributed by atoms with Crippen molar-refractivity contribution in [1.29, 1.82) is 0 Å². The van der Waals surface area contributed by atoms with Crippen LogP contribution in [-0.2, 0) is 10.0 Å². The van der Waals surface area contributed by atoms with Crippen molar-refractivity contribution in [3.05, 3.63) is 24.3 Å². The minimum Gasteiger partial charge on any atom is -0.385 e. The Morgan fingerprint density at radius 2 is 2.00 bits per heavy atom. The normalized spacial score (nSPS) is 11.8. The lowest BCUT2D eigenvalue weighted by molar-refractivity contribution is 0.588. The van der Waals surface area contributed by atoms with Crippen molar-refractivity contribution in [3.63, 3.8) is 0 Å². The average molecular weight is 256 g/mol. The van der Waals surface area contributed by atoms with Crippen molar-refractivity contribution in [2.45, 2.75) is 25.2 Å². The molecule has 5 heteroatoms. The molecule has 0 fully saturated rings. The second-order valence-corrected chi connectivity index (χ2v) is 6.23. The van der Waals surface area contributed by atoms with Crippen molar-refractivity contribution in [3.8, 4) is 0 Å². The fraction of sp³-hybridized carbons (Fsp3) is 0.500. The smallest absolute Gasteiger partial charge is 0.240 e. The average Bonchev–Trinajstić information content (AvgIpc) is 2.29. The Bertz CT molecular complexity index is 455. The number of rotatable bonds is 6. The molecule has 0 saturated heterocycles. The van der Waals surface area contributed by atoms with E-state index in [0.717, 1.165) is 18.7 Å². The van der Waals surface area contributed by atoms with Gasteiger partial charge < -0.3 is 5.32 Å². The Labute approximate surface area is 103 Å². The van der Waals surface area contributed by atoms with Crippen LogP contribution in [0.2, 0.25) is 0 Å². The zero-order chi connectivity index (χ0) is 12.9. The molecule has 0 bridgehead atoms. The summed E-state index contributed by atoms with van der Waals surface area (Å²) in [6, 6.07) is 6.84. The fourth-order valence-electron chi connectivity index (χ4n) is 1.40. The van der Waals surface area contributed by atoms with E-state index >= 15 is 0 Å². The molecule has 0 unspecified atom stereocenters. The maximum atomic E-state index is 11.6. The third-order valence-electron chi connectivity index (χ3n) is 2.46. The van der Waals surface area contributed by atoms with Crippen molar-refractivity contribution in [2.24, 2.45) is 5.92 Å². The van der Waals surface area contributed by atoms with Crippen molar-refractivity contribution < 1.29 is 8.42 Å². The Hall–Kier alpha value is -1.07. The van der Waals surface area contributed by atoms with Gasteiger partial charge in [-0.15, -0.1) is 0 Å². The van der Waals surface area contributed by atoms with Crippen LogP contribution in [0.1, 0.15) is 20.3 Å². The summed E-state index contributed by atoms with van der Waals surface area (Å²) in [6.07, 6.45) is 1.06. The number of hydrogen-bond donors (Lipinski definition) is 2. The molecule has 1 rings (SSSR count). The van der Waals surface area contributed by atoms with Gasteiger partial charge >= 0.3 is 0 Å². The molecule has 0 heterocycles. The molecule has 1 aromatic carbocycles. The Kier molecular flexibility index (Phi) is 4.96. The molecule has 0 saturated carbocycles. The van der Waals surface area contributed by atoms with E-state index in [1.807, 2.05) is 6.07 Å². The molecular weight excluding hydrogens is 236 g/mol. The quantitative estimate of drug-likeness (QED) is 0.819. The number of hydrogen-bond acceptors (Lipinski definition) is 3.